The van der Waals surface area contributed by atoms with Crippen molar-refractivity contribution in [1.82, 2.24) is 29.9 Å². The van der Waals surface area contributed by atoms with Gasteiger partial charge in [0.05, 0.1) is 5.69 Å². The van der Waals surface area contributed by atoms with Crippen molar-refractivity contribution in [3.05, 3.63) is 54.1 Å². The molecule has 0 radical (unpaired) electrons. The topological polar surface area (TPSA) is 92.6 Å². The van der Waals surface area contributed by atoms with Crippen LogP contribution in [-0.4, -0.2) is 43.0 Å². The molecule has 1 aliphatic heterocycles. The molecule has 1 N–H and O–H groups in total. The maximum atomic E-state index is 4.69. The van der Waals surface area contributed by atoms with E-state index in [1.165, 1.54) is 0 Å². The van der Waals surface area contributed by atoms with Crippen LogP contribution in [0.1, 0.15) is 36.1 Å². The fourth-order valence-electron chi connectivity index (χ4n) is 3.39. The first kappa shape index (κ1) is 17.3. The van der Waals surface area contributed by atoms with Gasteiger partial charge in [0.15, 0.2) is 0 Å². The van der Waals surface area contributed by atoms with Crippen molar-refractivity contribution < 1.29 is 0 Å². The van der Waals surface area contributed by atoms with E-state index >= 15 is 0 Å². The summed E-state index contributed by atoms with van der Waals surface area (Å²) < 4.78 is 0. The van der Waals surface area contributed by atoms with E-state index in [1.54, 1.807) is 18.5 Å². The summed E-state index contributed by atoms with van der Waals surface area (Å²) in [5.74, 6) is 4.09. The van der Waals surface area contributed by atoms with Gasteiger partial charge in [0.25, 0.3) is 0 Å². The average Bonchev–Trinajstić information content (AvgIpc) is 2.68. The number of rotatable bonds is 4. The maximum absolute atomic E-state index is 4.69. The van der Waals surface area contributed by atoms with Crippen LogP contribution in [0.25, 0.3) is 0 Å². The van der Waals surface area contributed by atoms with Crippen LogP contribution in [-0.2, 0) is 0 Å². The molecular formula is C19H22N8. The fourth-order valence-corrected chi connectivity index (χ4v) is 3.39. The van der Waals surface area contributed by atoms with Crippen molar-refractivity contribution in [2.45, 2.75) is 32.6 Å². The molecule has 0 unspecified atom stereocenters. The molecule has 0 aliphatic carbocycles. The Morgan fingerprint density at radius 2 is 1.85 bits per heavy atom. The molecule has 0 amide bonds. The Labute approximate surface area is 158 Å². The van der Waals surface area contributed by atoms with Gasteiger partial charge in [-0.25, -0.2) is 29.9 Å². The van der Waals surface area contributed by atoms with Gasteiger partial charge < -0.3 is 10.2 Å². The Morgan fingerprint density at radius 3 is 2.67 bits per heavy atom. The maximum Gasteiger partial charge on any atom is 0.228 e. The third-order valence-corrected chi connectivity index (χ3v) is 4.59. The number of hydrogen-bond donors (Lipinski definition) is 1. The molecule has 0 aromatic carbocycles. The van der Waals surface area contributed by atoms with Gasteiger partial charge in [-0.15, -0.1) is 0 Å². The smallest absolute Gasteiger partial charge is 0.228 e. The minimum atomic E-state index is 0.327. The highest BCUT2D eigenvalue weighted by Crippen LogP contribution is 2.29. The number of aryl methyl sites for hydroxylation is 2. The largest absolute Gasteiger partial charge is 0.356 e. The van der Waals surface area contributed by atoms with Gasteiger partial charge in [-0.3, -0.25) is 0 Å². The summed E-state index contributed by atoms with van der Waals surface area (Å²) in [6.45, 7) is 5.71. The number of aromatic nitrogens is 6. The van der Waals surface area contributed by atoms with Gasteiger partial charge in [0.2, 0.25) is 5.95 Å². The highest BCUT2D eigenvalue weighted by atomic mass is 15.2. The molecule has 3 aromatic heterocycles. The molecule has 4 heterocycles. The number of hydrogen-bond acceptors (Lipinski definition) is 8. The quantitative estimate of drug-likeness (QED) is 0.757. The zero-order chi connectivity index (χ0) is 18.6. The summed E-state index contributed by atoms with van der Waals surface area (Å²) in [5, 5.41) is 3.17. The molecule has 3 aromatic rings. The van der Waals surface area contributed by atoms with Gasteiger partial charge in [0.1, 0.15) is 23.3 Å². The molecule has 8 heteroatoms. The predicted octanol–water partition coefficient (Wildman–Crippen LogP) is 2.80. The van der Waals surface area contributed by atoms with Crippen LogP contribution in [0.2, 0.25) is 0 Å². The van der Waals surface area contributed by atoms with E-state index in [2.05, 4.69) is 35.1 Å². The molecule has 1 saturated heterocycles. The van der Waals surface area contributed by atoms with Crippen molar-refractivity contribution in [2.75, 3.05) is 23.3 Å². The minimum Gasteiger partial charge on any atom is -0.356 e. The first-order chi connectivity index (χ1) is 13.2. The lowest BCUT2D eigenvalue weighted by Crippen LogP contribution is -2.35. The average molecular weight is 362 g/mol. The fraction of sp³-hybridized carbons (Fsp3) is 0.368. The molecule has 4 rings (SSSR count). The summed E-state index contributed by atoms with van der Waals surface area (Å²) in [6.07, 6.45) is 7.41. The van der Waals surface area contributed by atoms with Crippen molar-refractivity contribution >= 4 is 17.6 Å². The summed E-state index contributed by atoms with van der Waals surface area (Å²) in [5.41, 5.74) is 1.04. The number of anilines is 3. The van der Waals surface area contributed by atoms with Gasteiger partial charge in [-0.2, -0.15) is 0 Å². The Bertz CT molecular complexity index is 915. The monoisotopic (exact) mass is 362 g/mol. The Morgan fingerprint density at radius 1 is 1.00 bits per heavy atom. The van der Waals surface area contributed by atoms with Crippen LogP contribution in [0.3, 0.4) is 0 Å². The SMILES string of the molecule is Cc1nc(Nc2ncccn2)cc([C@@H]2CCCN(c3ccnc(C)n3)C2)n1. The van der Waals surface area contributed by atoms with Gasteiger partial charge in [0, 0.05) is 43.7 Å². The molecule has 1 aliphatic rings. The standard InChI is InChI=1S/C19H22N8/c1-13-20-9-6-18(25-13)27-10-3-5-15(12-27)16-11-17(24-14(2)23-16)26-19-21-7-4-8-22-19/h4,6-9,11,15H,3,5,10,12H2,1-2H3,(H,21,22,23,24,26)/t15-/m1/s1. The molecule has 0 saturated carbocycles. The van der Waals surface area contributed by atoms with Gasteiger partial charge in [-0.05, 0) is 38.8 Å². The first-order valence-corrected chi connectivity index (χ1v) is 9.11. The normalized spacial score (nSPS) is 17.0. The zero-order valence-electron chi connectivity index (χ0n) is 15.5. The van der Waals surface area contributed by atoms with E-state index in [4.69, 9.17) is 4.98 Å². The summed E-state index contributed by atoms with van der Waals surface area (Å²) >= 11 is 0. The zero-order valence-corrected chi connectivity index (χ0v) is 15.5. The van der Waals surface area contributed by atoms with E-state index in [9.17, 15) is 0 Å². The lowest BCUT2D eigenvalue weighted by molar-refractivity contribution is 0.497. The van der Waals surface area contributed by atoms with Gasteiger partial charge in [-0.1, -0.05) is 0 Å². The molecule has 1 fully saturated rings. The Balaban J connectivity index is 1.55. The summed E-state index contributed by atoms with van der Waals surface area (Å²) in [6, 6.07) is 5.76. The van der Waals surface area contributed by atoms with Crippen molar-refractivity contribution in [3.63, 3.8) is 0 Å². The second-order valence-electron chi connectivity index (χ2n) is 6.67. The van der Waals surface area contributed by atoms with Crippen molar-refractivity contribution in [2.24, 2.45) is 0 Å². The molecule has 138 valence electrons. The van der Waals surface area contributed by atoms with E-state index in [0.29, 0.717) is 11.9 Å². The highest BCUT2D eigenvalue weighted by molar-refractivity contribution is 5.48. The lowest BCUT2D eigenvalue weighted by Gasteiger charge is -2.33. The van der Waals surface area contributed by atoms with Crippen LogP contribution in [0, 0.1) is 13.8 Å². The molecule has 8 nitrogen and oxygen atoms in total. The van der Waals surface area contributed by atoms with Crippen LogP contribution >= 0.6 is 0 Å². The summed E-state index contributed by atoms with van der Waals surface area (Å²) in [4.78, 5) is 28.7. The van der Waals surface area contributed by atoms with E-state index in [1.807, 2.05) is 32.2 Å². The molecule has 27 heavy (non-hydrogen) atoms. The molecule has 0 spiro atoms. The second kappa shape index (κ2) is 7.61. The number of piperidine rings is 1. The van der Waals surface area contributed by atoms with Crippen LogP contribution in [0.5, 0.6) is 0 Å². The predicted molar refractivity (Wildman–Crippen MR) is 103 cm³/mol. The minimum absolute atomic E-state index is 0.327. The number of nitrogens with one attached hydrogen (secondary N) is 1. The Hall–Kier alpha value is -3.16. The highest BCUT2D eigenvalue weighted by Gasteiger charge is 2.24. The summed E-state index contributed by atoms with van der Waals surface area (Å²) in [7, 11) is 0. The van der Waals surface area contributed by atoms with Crippen molar-refractivity contribution in [3.8, 4) is 0 Å². The third kappa shape index (κ3) is 4.16. The lowest BCUT2D eigenvalue weighted by atomic mass is 9.94. The van der Waals surface area contributed by atoms with Crippen LogP contribution in [0.4, 0.5) is 17.6 Å². The van der Waals surface area contributed by atoms with Crippen molar-refractivity contribution in [1.29, 1.82) is 0 Å². The molecule has 0 bridgehead atoms. The van der Waals surface area contributed by atoms with E-state index in [-0.39, 0.29) is 0 Å². The van der Waals surface area contributed by atoms with Crippen LogP contribution in [0.15, 0.2) is 36.8 Å². The van der Waals surface area contributed by atoms with E-state index in [0.717, 1.165) is 54.9 Å². The van der Waals surface area contributed by atoms with E-state index < -0.39 is 0 Å². The third-order valence-electron chi connectivity index (χ3n) is 4.59. The molecule has 1 atom stereocenters. The Kier molecular flexibility index (Phi) is 4.86. The van der Waals surface area contributed by atoms with Gasteiger partial charge >= 0.3 is 0 Å². The van der Waals surface area contributed by atoms with Crippen LogP contribution < -0.4 is 10.2 Å². The number of nitrogens with zero attached hydrogens (tertiary/aromatic N) is 7. The second-order valence-corrected chi connectivity index (χ2v) is 6.67. The molecular weight excluding hydrogens is 340 g/mol. The first-order valence-electron chi connectivity index (χ1n) is 9.11.